The number of fused-ring (bicyclic) bond motifs is 1. The molecule has 0 aliphatic rings. The minimum atomic E-state index is -0.576. The van der Waals surface area contributed by atoms with Crippen LogP contribution in [0.4, 0.5) is 0 Å². The van der Waals surface area contributed by atoms with Crippen LogP contribution in [0.5, 0.6) is 17.2 Å². The number of ether oxygens (including phenoxy) is 2. The highest BCUT2D eigenvalue weighted by Gasteiger charge is 2.19. The number of carbonyl (C=O) groups is 1. The van der Waals surface area contributed by atoms with Crippen LogP contribution in [0.15, 0.2) is 57.7 Å². The summed E-state index contributed by atoms with van der Waals surface area (Å²) in [6, 6.07) is 14.1. The van der Waals surface area contributed by atoms with Gasteiger partial charge < -0.3 is 19.0 Å². The van der Waals surface area contributed by atoms with E-state index in [1.54, 1.807) is 0 Å². The summed E-state index contributed by atoms with van der Waals surface area (Å²) in [5.41, 5.74) is -0.148. The van der Waals surface area contributed by atoms with E-state index in [2.05, 4.69) is 13.8 Å². The van der Waals surface area contributed by atoms with Crippen molar-refractivity contribution < 1.29 is 23.8 Å². The first-order valence-electron chi connectivity index (χ1n) is 10.5. The van der Waals surface area contributed by atoms with Crippen LogP contribution in [0.25, 0.3) is 11.0 Å². The maximum atomic E-state index is 12.5. The van der Waals surface area contributed by atoms with Crippen LogP contribution in [0.1, 0.15) is 45.6 Å². The van der Waals surface area contributed by atoms with E-state index < -0.39 is 11.6 Å². The van der Waals surface area contributed by atoms with Crippen LogP contribution in [-0.4, -0.2) is 17.2 Å². The van der Waals surface area contributed by atoms with Crippen LogP contribution in [0.2, 0.25) is 0 Å². The zero-order valence-electron chi connectivity index (χ0n) is 18.1. The summed E-state index contributed by atoms with van der Waals surface area (Å²) in [6.07, 6.45) is 2.57. The number of carbonyl (C=O) groups excluding carboxylic acids is 1. The molecule has 0 bridgehead atoms. The van der Waals surface area contributed by atoms with Crippen molar-refractivity contribution in [1.82, 2.24) is 0 Å². The summed E-state index contributed by atoms with van der Waals surface area (Å²) >= 11 is 0. The molecule has 3 aromatic rings. The zero-order chi connectivity index (χ0) is 22.4. The van der Waals surface area contributed by atoms with Crippen molar-refractivity contribution >= 4 is 16.9 Å². The van der Waals surface area contributed by atoms with Crippen molar-refractivity contribution in [2.75, 3.05) is 0 Å². The topological polar surface area (TPSA) is 86.0 Å². The molecule has 6 heteroatoms. The Morgan fingerprint density at radius 2 is 1.77 bits per heavy atom. The van der Waals surface area contributed by atoms with Gasteiger partial charge in [-0.2, -0.15) is 0 Å². The van der Waals surface area contributed by atoms with Gasteiger partial charge in [0.15, 0.2) is 0 Å². The van der Waals surface area contributed by atoms with Gasteiger partial charge >= 0.3 is 11.6 Å². The number of hydrogen-bond donors (Lipinski definition) is 1. The van der Waals surface area contributed by atoms with Gasteiger partial charge in [-0.25, -0.2) is 4.79 Å². The van der Waals surface area contributed by atoms with E-state index in [1.165, 1.54) is 25.1 Å². The molecule has 0 aliphatic heterocycles. The Kier molecular flexibility index (Phi) is 7.34. The average Bonchev–Trinajstić information content (AvgIpc) is 2.72. The summed E-state index contributed by atoms with van der Waals surface area (Å²) in [4.78, 5) is 23.7. The van der Waals surface area contributed by atoms with Crippen molar-refractivity contribution in [2.45, 2.75) is 52.6 Å². The van der Waals surface area contributed by atoms with Gasteiger partial charge in [0.2, 0.25) is 0 Å². The third kappa shape index (κ3) is 6.10. The van der Waals surface area contributed by atoms with Crippen molar-refractivity contribution in [2.24, 2.45) is 5.92 Å². The largest absolute Gasteiger partial charge is 0.507 e. The van der Waals surface area contributed by atoms with Gasteiger partial charge in [0, 0.05) is 6.92 Å². The second kappa shape index (κ2) is 10.2. The molecule has 164 valence electrons. The van der Waals surface area contributed by atoms with Crippen molar-refractivity contribution in [3.63, 3.8) is 0 Å². The maximum absolute atomic E-state index is 12.5. The zero-order valence-corrected chi connectivity index (χ0v) is 18.1. The summed E-state index contributed by atoms with van der Waals surface area (Å²) in [5.74, 6) is 0.958. The summed E-state index contributed by atoms with van der Waals surface area (Å²) in [7, 11) is 0. The van der Waals surface area contributed by atoms with E-state index in [0.717, 1.165) is 18.6 Å². The molecule has 0 saturated carbocycles. The molecule has 31 heavy (non-hydrogen) atoms. The van der Waals surface area contributed by atoms with Crippen molar-refractivity contribution in [1.29, 1.82) is 0 Å². The van der Waals surface area contributed by atoms with E-state index >= 15 is 0 Å². The molecule has 0 saturated heterocycles. The van der Waals surface area contributed by atoms with Gasteiger partial charge in [-0.05, 0) is 61.9 Å². The first-order valence-corrected chi connectivity index (χ1v) is 10.5. The van der Waals surface area contributed by atoms with Crippen LogP contribution in [-0.2, 0) is 11.2 Å². The molecule has 2 aromatic carbocycles. The highest BCUT2D eigenvalue weighted by Crippen LogP contribution is 2.31. The Balaban J connectivity index is 1.83. The number of hydrogen-bond acceptors (Lipinski definition) is 6. The van der Waals surface area contributed by atoms with Gasteiger partial charge in [-0.3, -0.25) is 4.79 Å². The molecule has 0 spiro atoms. The maximum Gasteiger partial charge on any atom is 0.343 e. The van der Waals surface area contributed by atoms with E-state index in [9.17, 15) is 14.7 Å². The van der Waals surface area contributed by atoms with Crippen LogP contribution < -0.4 is 15.1 Å². The Morgan fingerprint density at radius 1 is 1.03 bits per heavy atom. The lowest BCUT2D eigenvalue weighted by molar-refractivity contribution is -0.131. The van der Waals surface area contributed by atoms with Gasteiger partial charge in [-0.1, -0.05) is 32.0 Å². The average molecular weight is 424 g/mol. The highest BCUT2D eigenvalue weighted by atomic mass is 16.5. The summed E-state index contributed by atoms with van der Waals surface area (Å²) < 4.78 is 16.6. The number of esters is 1. The van der Waals surface area contributed by atoms with Gasteiger partial charge in [0.1, 0.15) is 22.8 Å². The van der Waals surface area contributed by atoms with E-state index in [4.69, 9.17) is 13.9 Å². The van der Waals surface area contributed by atoms with Crippen molar-refractivity contribution in [3.8, 4) is 17.2 Å². The van der Waals surface area contributed by atoms with Crippen LogP contribution >= 0.6 is 0 Å². The molecule has 0 aliphatic carbocycles. The smallest absolute Gasteiger partial charge is 0.343 e. The number of aromatic hydroxyl groups is 1. The molecule has 0 amide bonds. The number of benzene rings is 2. The molecule has 0 fully saturated rings. The molecule has 3 rings (SSSR count). The Bertz CT molecular complexity index is 1080. The Morgan fingerprint density at radius 3 is 2.45 bits per heavy atom. The van der Waals surface area contributed by atoms with Crippen LogP contribution in [0, 0.1) is 5.92 Å². The molecular weight excluding hydrogens is 396 g/mol. The van der Waals surface area contributed by atoms with Gasteiger partial charge in [0.25, 0.3) is 0 Å². The third-order valence-electron chi connectivity index (χ3n) is 5.03. The van der Waals surface area contributed by atoms with Gasteiger partial charge in [-0.15, -0.1) is 0 Å². The molecule has 1 N–H and O–H groups in total. The monoisotopic (exact) mass is 424 g/mol. The van der Waals surface area contributed by atoms with Gasteiger partial charge in [0.05, 0.1) is 17.1 Å². The number of rotatable bonds is 9. The summed E-state index contributed by atoms with van der Waals surface area (Å²) in [5, 5.41) is 11.1. The lowest BCUT2D eigenvalue weighted by Crippen LogP contribution is -2.20. The molecule has 0 radical (unpaired) electrons. The van der Waals surface area contributed by atoms with Crippen LogP contribution in [0.3, 0.4) is 0 Å². The highest BCUT2D eigenvalue weighted by molar-refractivity contribution is 5.86. The second-order valence-electron chi connectivity index (χ2n) is 8.03. The Hall–Kier alpha value is -3.28. The molecule has 1 atom stereocenters. The Labute approximate surface area is 181 Å². The standard InChI is InChI=1S/C25H28O6/c1-16(2)9-10-19(30-18-7-5-4-6-8-18)11-13-21-24(27)22-15-20(29-17(3)26)12-14-23(22)31-25(21)28/h4-8,12,14-16,19,27H,9-11,13H2,1-3H3. The minimum absolute atomic E-state index is 0.105. The fourth-order valence-corrected chi connectivity index (χ4v) is 3.43. The molecule has 1 heterocycles. The summed E-state index contributed by atoms with van der Waals surface area (Å²) in [6.45, 7) is 5.61. The van der Waals surface area contributed by atoms with E-state index in [0.29, 0.717) is 24.1 Å². The molecule has 6 nitrogen and oxygen atoms in total. The third-order valence-corrected chi connectivity index (χ3v) is 5.03. The lowest BCUT2D eigenvalue weighted by atomic mass is 9.99. The fraction of sp³-hybridized carbons (Fsp3) is 0.360. The molecular formula is C25H28O6. The molecule has 1 aromatic heterocycles. The molecule has 1 unspecified atom stereocenters. The predicted molar refractivity (Wildman–Crippen MR) is 119 cm³/mol. The quantitative estimate of drug-likeness (QED) is 0.287. The normalized spacial score (nSPS) is 12.1. The first kappa shape index (κ1) is 22.4. The minimum Gasteiger partial charge on any atom is -0.507 e. The predicted octanol–water partition coefficient (Wildman–Crippen LogP) is 5.24. The SMILES string of the molecule is CC(=O)Oc1ccc2oc(=O)c(CCC(CCC(C)C)Oc3ccccc3)c(O)c2c1. The van der Waals surface area contributed by atoms with E-state index in [1.807, 2.05) is 30.3 Å². The second-order valence-corrected chi connectivity index (χ2v) is 8.03. The van der Waals surface area contributed by atoms with E-state index in [-0.39, 0.29) is 28.7 Å². The lowest BCUT2D eigenvalue weighted by Gasteiger charge is -2.20. The fourth-order valence-electron chi connectivity index (χ4n) is 3.43. The van der Waals surface area contributed by atoms with Crippen molar-refractivity contribution in [3.05, 3.63) is 64.5 Å². The number of para-hydroxylation sites is 1. The first-order chi connectivity index (χ1) is 14.8.